The van der Waals surface area contributed by atoms with Gasteiger partial charge in [0.1, 0.15) is 5.15 Å². The standard InChI is InChI=1S/C12H15ClN6O/c1-12(2,3)8-5-7(6-9(13)14-8)10(20)15-11-16-18-19(4)17-11/h5-6H,1-4H3,(H,15,17,20). The van der Waals surface area contributed by atoms with Crippen molar-refractivity contribution in [2.24, 2.45) is 7.05 Å². The number of carbonyl (C=O) groups is 1. The van der Waals surface area contributed by atoms with Crippen LogP contribution in [0.5, 0.6) is 0 Å². The molecule has 8 heteroatoms. The fraction of sp³-hybridized carbons (Fsp3) is 0.417. The maximum absolute atomic E-state index is 12.1. The number of hydrogen-bond donors (Lipinski definition) is 1. The third-order valence-electron chi connectivity index (χ3n) is 2.56. The number of nitrogens with zero attached hydrogens (tertiary/aromatic N) is 5. The molecule has 0 bridgehead atoms. The molecule has 0 aliphatic carbocycles. The van der Waals surface area contributed by atoms with Crippen LogP contribution in [0.2, 0.25) is 5.15 Å². The molecule has 2 aromatic rings. The van der Waals surface area contributed by atoms with Gasteiger partial charge in [-0.15, -0.1) is 5.10 Å². The smallest absolute Gasteiger partial charge is 0.270 e. The van der Waals surface area contributed by atoms with Crippen molar-refractivity contribution in [2.45, 2.75) is 26.2 Å². The monoisotopic (exact) mass is 294 g/mol. The largest absolute Gasteiger partial charge is 0.288 e. The van der Waals surface area contributed by atoms with Crippen molar-refractivity contribution in [3.8, 4) is 0 Å². The molecule has 0 saturated carbocycles. The minimum atomic E-state index is -0.354. The van der Waals surface area contributed by atoms with Crippen LogP contribution in [0.4, 0.5) is 5.95 Å². The quantitative estimate of drug-likeness (QED) is 0.854. The lowest BCUT2D eigenvalue weighted by Crippen LogP contribution is -2.18. The van der Waals surface area contributed by atoms with Gasteiger partial charge in [0.15, 0.2) is 0 Å². The third kappa shape index (κ3) is 3.30. The van der Waals surface area contributed by atoms with Crippen LogP contribution in [-0.4, -0.2) is 31.1 Å². The molecule has 2 rings (SSSR count). The molecule has 0 aromatic carbocycles. The van der Waals surface area contributed by atoms with Gasteiger partial charge in [-0.1, -0.05) is 37.5 Å². The van der Waals surface area contributed by atoms with Crippen molar-refractivity contribution in [1.82, 2.24) is 25.2 Å². The molecule has 2 heterocycles. The van der Waals surface area contributed by atoms with E-state index in [1.807, 2.05) is 20.8 Å². The molecule has 0 fully saturated rings. The number of amides is 1. The molecule has 20 heavy (non-hydrogen) atoms. The van der Waals surface area contributed by atoms with Gasteiger partial charge in [-0.3, -0.25) is 10.1 Å². The summed E-state index contributed by atoms with van der Waals surface area (Å²) < 4.78 is 0. The number of pyridine rings is 1. The molecular formula is C12H15ClN6O. The number of rotatable bonds is 2. The van der Waals surface area contributed by atoms with Gasteiger partial charge < -0.3 is 0 Å². The van der Waals surface area contributed by atoms with Gasteiger partial charge in [0.2, 0.25) is 0 Å². The highest BCUT2D eigenvalue weighted by Crippen LogP contribution is 2.23. The Morgan fingerprint density at radius 1 is 1.35 bits per heavy atom. The molecule has 0 aliphatic rings. The van der Waals surface area contributed by atoms with Gasteiger partial charge in [-0.2, -0.15) is 4.80 Å². The van der Waals surface area contributed by atoms with E-state index in [1.54, 1.807) is 13.1 Å². The SMILES string of the molecule is Cn1nnc(NC(=O)c2cc(Cl)nc(C(C)(C)C)c2)n1. The average molecular weight is 295 g/mol. The van der Waals surface area contributed by atoms with Crippen molar-refractivity contribution in [3.05, 3.63) is 28.5 Å². The van der Waals surface area contributed by atoms with E-state index in [-0.39, 0.29) is 22.4 Å². The second-order valence-electron chi connectivity index (χ2n) is 5.37. The molecule has 7 nitrogen and oxygen atoms in total. The average Bonchev–Trinajstić information content (AvgIpc) is 2.72. The Bertz CT molecular complexity index is 646. The zero-order valence-electron chi connectivity index (χ0n) is 11.7. The van der Waals surface area contributed by atoms with Crippen LogP contribution in [0, 0.1) is 0 Å². The van der Waals surface area contributed by atoms with E-state index < -0.39 is 0 Å². The lowest BCUT2D eigenvalue weighted by molar-refractivity contribution is 0.102. The Morgan fingerprint density at radius 3 is 2.60 bits per heavy atom. The summed E-state index contributed by atoms with van der Waals surface area (Å²) >= 11 is 5.97. The van der Waals surface area contributed by atoms with Crippen LogP contribution in [0.25, 0.3) is 0 Å². The topological polar surface area (TPSA) is 85.6 Å². The number of anilines is 1. The Balaban J connectivity index is 2.28. The first-order valence-electron chi connectivity index (χ1n) is 5.99. The molecule has 0 radical (unpaired) electrons. The van der Waals surface area contributed by atoms with E-state index in [9.17, 15) is 4.79 Å². The minimum absolute atomic E-state index is 0.141. The first-order valence-corrected chi connectivity index (χ1v) is 6.37. The highest BCUT2D eigenvalue weighted by atomic mass is 35.5. The number of nitrogens with one attached hydrogen (secondary N) is 1. The summed E-state index contributed by atoms with van der Waals surface area (Å²) in [7, 11) is 1.61. The molecule has 2 aromatic heterocycles. The highest BCUT2D eigenvalue weighted by molar-refractivity contribution is 6.29. The maximum atomic E-state index is 12.1. The zero-order valence-corrected chi connectivity index (χ0v) is 12.4. The molecular weight excluding hydrogens is 280 g/mol. The fourth-order valence-electron chi connectivity index (χ4n) is 1.52. The van der Waals surface area contributed by atoms with Gasteiger partial charge in [0.05, 0.1) is 7.05 Å². The predicted octanol–water partition coefficient (Wildman–Crippen LogP) is 1.81. The van der Waals surface area contributed by atoms with Gasteiger partial charge >= 0.3 is 0 Å². The van der Waals surface area contributed by atoms with Gasteiger partial charge in [-0.05, 0) is 17.3 Å². The fourth-order valence-corrected chi connectivity index (χ4v) is 1.73. The minimum Gasteiger partial charge on any atom is -0.288 e. The lowest BCUT2D eigenvalue weighted by Gasteiger charge is -2.18. The summed E-state index contributed by atoms with van der Waals surface area (Å²) in [5.41, 5.74) is 0.940. The van der Waals surface area contributed by atoms with Crippen LogP contribution in [0.3, 0.4) is 0 Å². The van der Waals surface area contributed by atoms with Gasteiger partial charge in [0.25, 0.3) is 11.9 Å². The third-order valence-corrected chi connectivity index (χ3v) is 2.75. The number of halogens is 1. The predicted molar refractivity (Wildman–Crippen MR) is 74.7 cm³/mol. The Kier molecular flexibility index (Phi) is 3.71. The van der Waals surface area contributed by atoms with Crippen LogP contribution < -0.4 is 5.32 Å². The molecule has 1 N–H and O–H groups in total. The molecule has 0 saturated heterocycles. The summed E-state index contributed by atoms with van der Waals surface area (Å²) in [4.78, 5) is 17.6. The van der Waals surface area contributed by atoms with E-state index in [0.717, 1.165) is 5.69 Å². The van der Waals surface area contributed by atoms with Crippen LogP contribution in [-0.2, 0) is 12.5 Å². The summed E-state index contributed by atoms with van der Waals surface area (Å²) in [6.45, 7) is 5.99. The number of hydrogen-bond acceptors (Lipinski definition) is 5. The summed E-state index contributed by atoms with van der Waals surface area (Å²) in [5, 5.41) is 14.0. The Hall–Kier alpha value is -2.02. The molecule has 1 amide bonds. The second kappa shape index (κ2) is 5.16. The molecule has 0 spiro atoms. The number of carbonyl (C=O) groups excluding carboxylic acids is 1. The highest BCUT2D eigenvalue weighted by Gasteiger charge is 2.19. The van der Waals surface area contributed by atoms with Crippen LogP contribution in [0.15, 0.2) is 12.1 Å². The normalized spacial score (nSPS) is 11.4. The lowest BCUT2D eigenvalue weighted by atomic mass is 9.91. The summed E-state index contributed by atoms with van der Waals surface area (Å²) in [6, 6.07) is 3.21. The number of aryl methyl sites for hydroxylation is 1. The molecule has 0 unspecified atom stereocenters. The van der Waals surface area contributed by atoms with Crippen molar-refractivity contribution < 1.29 is 4.79 Å². The van der Waals surface area contributed by atoms with Crippen molar-refractivity contribution in [2.75, 3.05) is 5.32 Å². The Morgan fingerprint density at radius 2 is 2.05 bits per heavy atom. The van der Waals surface area contributed by atoms with E-state index >= 15 is 0 Å². The van der Waals surface area contributed by atoms with E-state index in [0.29, 0.717) is 5.56 Å². The molecule has 0 aliphatic heterocycles. The number of tetrazole rings is 1. The van der Waals surface area contributed by atoms with E-state index in [1.165, 1.54) is 10.9 Å². The van der Waals surface area contributed by atoms with Gasteiger partial charge in [0, 0.05) is 16.7 Å². The van der Waals surface area contributed by atoms with Crippen molar-refractivity contribution in [1.29, 1.82) is 0 Å². The van der Waals surface area contributed by atoms with Crippen LogP contribution in [0.1, 0.15) is 36.8 Å². The summed E-state index contributed by atoms with van der Waals surface area (Å²) in [5.74, 6) is -0.212. The number of aromatic nitrogens is 5. The maximum Gasteiger partial charge on any atom is 0.270 e. The second-order valence-corrected chi connectivity index (χ2v) is 5.76. The first-order chi connectivity index (χ1) is 9.25. The molecule has 0 atom stereocenters. The zero-order chi connectivity index (χ0) is 14.9. The summed E-state index contributed by atoms with van der Waals surface area (Å²) in [6.07, 6.45) is 0. The van der Waals surface area contributed by atoms with Crippen molar-refractivity contribution >= 4 is 23.5 Å². The van der Waals surface area contributed by atoms with E-state index in [4.69, 9.17) is 11.6 Å². The first kappa shape index (κ1) is 14.4. The van der Waals surface area contributed by atoms with Gasteiger partial charge in [-0.25, -0.2) is 4.98 Å². The van der Waals surface area contributed by atoms with Crippen molar-refractivity contribution in [3.63, 3.8) is 0 Å². The molecule has 106 valence electrons. The van der Waals surface area contributed by atoms with Crippen LogP contribution >= 0.6 is 11.6 Å². The van der Waals surface area contributed by atoms with E-state index in [2.05, 4.69) is 25.7 Å². The Labute approximate surface area is 121 Å².